The van der Waals surface area contributed by atoms with Gasteiger partial charge in [-0.15, -0.1) is 0 Å². The van der Waals surface area contributed by atoms with E-state index in [1.807, 2.05) is 47.4 Å². The lowest BCUT2D eigenvalue weighted by molar-refractivity contribution is 0.492. The molecule has 0 spiro atoms. The lowest BCUT2D eigenvalue weighted by atomic mass is 10.2. The SMILES string of the molecule is CCn1ccc(CN(C)C(=S)Nc2c(C)nn(Cc3ccc(F)cc3)c2C)n1. The number of nitrogens with zero attached hydrogens (tertiary/aromatic N) is 5. The molecule has 0 aliphatic rings. The number of rotatable bonds is 6. The second-order valence-corrected chi connectivity index (χ2v) is 7.17. The van der Waals surface area contributed by atoms with E-state index in [1.165, 1.54) is 12.1 Å². The van der Waals surface area contributed by atoms with E-state index in [0.717, 1.165) is 34.9 Å². The van der Waals surface area contributed by atoms with E-state index in [0.29, 0.717) is 18.2 Å². The molecule has 148 valence electrons. The smallest absolute Gasteiger partial charge is 0.173 e. The molecule has 0 radical (unpaired) electrons. The maximum absolute atomic E-state index is 13.1. The maximum Gasteiger partial charge on any atom is 0.173 e. The summed E-state index contributed by atoms with van der Waals surface area (Å²) in [5.41, 5.74) is 4.70. The Morgan fingerprint density at radius 3 is 2.54 bits per heavy atom. The van der Waals surface area contributed by atoms with Gasteiger partial charge in [0.2, 0.25) is 0 Å². The van der Waals surface area contributed by atoms with E-state index in [1.54, 1.807) is 12.1 Å². The second kappa shape index (κ2) is 8.52. The summed E-state index contributed by atoms with van der Waals surface area (Å²) in [5, 5.41) is 13.0. The van der Waals surface area contributed by atoms with Crippen molar-refractivity contribution in [1.29, 1.82) is 0 Å². The topological polar surface area (TPSA) is 50.9 Å². The highest BCUT2D eigenvalue weighted by Crippen LogP contribution is 2.21. The van der Waals surface area contributed by atoms with Crippen LogP contribution >= 0.6 is 12.2 Å². The van der Waals surface area contributed by atoms with E-state index in [9.17, 15) is 4.39 Å². The molecule has 0 aliphatic carbocycles. The number of aromatic nitrogens is 4. The molecule has 1 aromatic carbocycles. The Labute approximate surface area is 170 Å². The molecule has 8 heteroatoms. The van der Waals surface area contributed by atoms with Crippen molar-refractivity contribution < 1.29 is 4.39 Å². The largest absolute Gasteiger partial charge is 0.346 e. The van der Waals surface area contributed by atoms with Crippen LogP contribution in [0.4, 0.5) is 10.1 Å². The molecule has 0 saturated carbocycles. The van der Waals surface area contributed by atoms with Gasteiger partial charge >= 0.3 is 0 Å². The normalized spacial score (nSPS) is 10.9. The van der Waals surface area contributed by atoms with E-state index in [-0.39, 0.29) is 5.82 Å². The molecule has 0 bridgehead atoms. The van der Waals surface area contributed by atoms with E-state index < -0.39 is 0 Å². The summed E-state index contributed by atoms with van der Waals surface area (Å²) < 4.78 is 16.9. The summed E-state index contributed by atoms with van der Waals surface area (Å²) in [6.45, 7) is 8.05. The van der Waals surface area contributed by atoms with Crippen molar-refractivity contribution in [2.24, 2.45) is 0 Å². The molecule has 0 amide bonds. The van der Waals surface area contributed by atoms with Gasteiger partial charge in [-0.1, -0.05) is 12.1 Å². The Morgan fingerprint density at radius 2 is 1.89 bits per heavy atom. The molecule has 28 heavy (non-hydrogen) atoms. The molecule has 0 saturated heterocycles. The minimum Gasteiger partial charge on any atom is -0.346 e. The van der Waals surface area contributed by atoms with Gasteiger partial charge in [-0.2, -0.15) is 10.2 Å². The quantitative estimate of drug-likeness (QED) is 0.639. The van der Waals surface area contributed by atoms with Gasteiger partial charge in [0.05, 0.1) is 35.9 Å². The Hall–Kier alpha value is -2.74. The predicted molar refractivity (Wildman–Crippen MR) is 113 cm³/mol. The van der Waals surface area contributed by atoms with Gasteiger partial charge in [-0.25, -0.2) is 4.39 Å². The Morgan fingerprint density at radius 1 is 1.18 bits per heavy atom. The minimum absolute atomic E-state index is 0.239. The maximum atomic E-state index is 13.1. The van der Waals surface area contributed by atoms with Gasteiger partial charge in [0.1, 0.15) is 5.82 Å². The molecule has 6 nitrogen and oxygen atoms in total. The van der Waals surface area contributed by atoms with E-state index in [2.05, 4.69) is 22.4 Å². The van der Waals surface area contributed by atoms with Crippen LogP contribution in [0.3, 0.4) is 0 Å². The number of aryl methyl sites for hydroxylation is 2. The van der Waals surface area contributed by atoms with E-state index in [4.69, 9.17) is 12.2 Å². The van der Waals surface area contributed by atoms with Crippen molar-refractivity contribution in [2.45, 2.75) is 40.4 Å². The van der Waals surface area contributed by atoms with E-state index >= 15 is 0 Å². The molecular formula is C20H25FN6S. The van der Waals surface area contributed by atoms with Crippen LogP contribution in [-0.2, 0) is 19.6 Å². The summed E-state index contributed by atoms with van der Waals surface area (Å²) in [5.74, 6) is -0.239. The average molecular weight is 401 g/mol. The number of hydrogen-bond donors (Lipinski definition) is 1. The highest BCUT2D eigenvalue weighted by molar-refractivity contribution is 7.80. The summed E-state index contributed by atoms with van der Waals surface area (Å²) in [6, 6.07) is 8.47. The highest BCUT2D eigenvalue weighted by atomic mass is 32.1. The molecule has 3 aromatic rings. The minimum atomic E-state index is -0.239. The van der Waals surface area contributed by atoms with Crippen molar-refractivity contribution in [3.63, 3.8) is 0 Å². The number of benzene rings is 1. The van der Waals surface area contributed by atoms with Crippen molar-refractivity contribution in [3.05, 3.63) is 65.0 Å². The summed E-state index contributed by atoms with van der Waals surface area (Å²) in [7, 11) is 1.94. The fourth-order valence-corrected chi connectivity index (χ4v) is 3.14. The van der Waals surface area contributed by atoms with Gasteiger partial charge < -0.3 is 10.2 Å². The summed E-state index contributed by atoms with van der Waals surface area (Å²) in [4.78, 5) is 1.95. The summed E-state index contributed by atoms with van der Waals surface area (Å²) >= 11 is 5.57. The second-order valence-electron chi connectivity index (χ2n) is 6.78. The number of halogens is 1. The lowest BCUT2D eigenvalue weighted by Gasteiger charge is -2.20. The molecule has 0 aliphatic heterocycles. The van der Waals surface area contributed by atoms with Crippen LogP contribution in [0.5, 0.6) is 0 Å². The zero-order valence-electron chi connectivity index (χ0n) is 16.6. The highest BCUT2D eigenvalue weighted by Gasteiger charge is 2.15. The van der Waals surface area contributed by atoms with Crippen LogP contribution in [0.2, 0.25) is 0 Å². The first-order valence-corrected chi connectivity index (χ1v) is 9.61. The third-order valence-corrected chi connectivity index (χ3v) is 5.04. The molecule has 0 fully saturated rings. The van der Waals surface area contributed by atoms with Crippen LogP contribution < -0.4 is 5.32 Å². The van der Waals surface area contributed by atoms with Gasteiger partial charge in [0.25, 0.3) is 0 Å². The third-order valence-electron chi connectivity index (χ3n) is 4.62. The zero-order valence-corrected chi connectivity index (χ0v) is 17.4. The van der Waals surface area contributed by atoms with Crippen molar-refractivity contribution in [3.8, 4) is 0 Å². The number of nitrogens with one attached hydrogen (secondary N) is 1. The van der Waals surface area contributed by atoms with Crippen molar-refractivity contribution >= 4 is 23.0 Å². The zero-order chi connectivity index (χ0) is 20.3. The fraction of sp³-hybridized carbons (Fsp3) is 0.350. The Bertz CT molecular complexity index is 960. The van der Waals surface area contributed by atoms with Gasteiger partial charge in [0, 0.05) is 19.8 Å². The molecule has 2 aromatic heterocycles. The Balaban J connectivity index is 1.68. The van der Waals surface area contributed by atoms with Gasteiger partial charge in [-0.05, 0) is 56.8 Å². The predicted octanol–water partition coefficient (Wildman–Crippen LogP) is 3.73. The third kappa shape index (κ3) is 4.56. The molecule has 0 atom stereocenters. The molecule has 1 N–H and O–H groups in total. The van der Waals surface area contributed by atoms with Gasteiger partial charge in [0.15, 0.2) is 5.11 Å². The standard InChI is InChI=1S/C20H25FN6S/c1-5-26-11-10-18(24-26)13-25(4)20(28)22-19-14(2)23-27(15(19)3)12-16-6-8-17(21)9-7-16/h6-11H,5,12-13H2,1-4H3,(H,22,28). The van der Waals surface area contributed by atoms with Crippen LogP contribution in [0.25, 0.3) is 0 Å². The van der Waals surface area contributed by atoms with Crippen molar-refractivity contribution in [2.75, 3.05) is 12.4 Å². The summed E-state index contributed by atoms with van der Waals surface area (Å²) in [6.07, 6.45) is 1.97. The Kier molecular flexibility index (Phi) is 6.08. The van der Waals surface area contributed by atoms with Crippen LogP contribution in [0, 0.1) is 19.7 Å². The fourth-order valence-electron chi connectivity index (χ4n) is 2.98. The number of hydrogen-bond acceptors (Lipinski definition) is 3. The molecule has 0 unspecified atom stereocenters. The van der Waals surface area contributed by atoms with Crippen molar-refractivity contribution in [1.82, 2.24) is 24.5 Å². The van der Waals surface area contributed by atoms with Crippen LogP contribution in [0.1, 0.15) is 29.6 Å². The number of thiocarbonyl (C=S) groups is 1. The average Bonchev–Trinajstić information content (AvgIpc) is 3.23. The first-order chi connectivity index (χ1) is 13.4. The van der Waals surface area contributed by atoms with Crippen LogP contribution in [0.15, 0.2) is 36.5 Å². The van der Waals surface area contributed by atoms with Crippen LogP contribution in [-0.4, -0.2) is 36.6 Å². The lowest BCUT2D eigenvalue weighted by Crippen LogP contribution is -2.31. The molecule has 2 heterocycles. The number of anilines is 1. The monoisotopic (exact) mass is 400 g/mol. The molecule has 3 rings (SSSR count). The van der Waals surface area contributed by atoms with Gasteiger partial charge in [-0.3, -0.25) is 9.36 Å². The first-order valence-electron chi connectivity index (χ1n) is 9.20. The molecular weight excluding hydrogens is 375 g/mol. The first kappa shape index (κ1) is 20.0.